The van der Waals surface area contributed by atoms with E-state index in [0.717, 1.165) is 0 Å². The number of hydrogen-bond acceptors (Lipinski definition) is 1. The first-order valence-corrected chi connectivity index (χ1v) is 2.07. The Labute approximate surface area is 110 Å². The Morgan fingerprint density at radius 2 is 1.17 bits per heavy atom. The first kappa shape index (κ1) is 22.7. The molecule has 1 nitrogen and oxygen atoms in total. The summed E-state index contributed by atoms with van der Waals surface area (Å²) in [7, 11) is 0. The number of hydrogen-bond donors (Lipinski definition) is 0. The summed E-state index contributed by atoms with van der Waals surface area (Å²) in [5.41, 5.74) is 0. The summed E-state index contributed by atoms with van der Waals surface area (Å²) in [5.74, 6) is 0. The van der Waals surface area contributed by atoms with E-state index in [-0.39, 0.29) is 65.0 Å². The Hall–Kier alpha value is 3.54. The molecular weight excluding hydrogens is 582 g/mol. The summed E-state index contributed by atoms with van der Waals surface area (Å²) >= 11 is 3.55. The molecule has 0 radical (unpaired) electrons. The average molecular weight is 586 g/mol. The van der Waals surface area contributed by atoms with E-state index >= 15 is 0 Å². The van der Waals surface area contributed by atoms with Crippen molar-refractivity contribution in [3.63, 3.8) is 0 Å². The van der Waals surface area contributed by atoms with Crippen molar-refractivity contribution in [1.29, 1.82) is 0 Å². The second kappa shape index (κ2) is 23.6. The predicted molar refractivity (Wildman–Crippen MR) is 39.1 cm³/mol. The SMILES string of the molecule is IOI.[BiH3].[Fe].[Ti]. The third-order valence-electron chi connectivity index (χ3n) is 0. The van der Waals surface area contributed by atoms with Gasteiger partial charge in [-0.15, -0.1) is 0 Å². The molecule has 0 aliphatic carbocycles. The van der Waals surface area contributed by atoms with Crippen LogP contribution in [0.25, 0.3) is 0 Å². The molecular formula is H3BiFeI2OTi. The summed E-state index contributed by atoms with van der Waals surface area (Å²) in [6.07, 6.45) is 0. The monoisotopic (exact) mass is 586 g/mol. The van der Waals surface area contributed by atoms with Crippen LogP contribution in [0.5, 0.6) is 0 Å². The summed E-state index contributed by atoms with van der Waals surface area (Å²) in [4.78, 5) is 0. The molecule has 0 unspecified atom stereocenters. The molecule has 0 N–H and O–H groups in total. The Bertz CT molecular complexity index is 13.5. The quantitative estimate of drug-likeness (QED) is 0.298. The maximum atomic E-state index is 4.19. The second-order valence-electron chi connectivity index (χ2n) is 0.0583. The smallest absolute Gasteiger partial charge is 0 e. The molecule has 0 heterocycles. The van der Waals surface area contributed by atoms with Gasteiger partial charge in [0.25, 0.3) is 0 Å². The standard InChI is InChI=1S/Bi.Fe.I2O.Ti.3H/c;;1-3-2;;;;. The zero-order valence-electron chi connectivity index (χ0n) is 2.72. The molecule has 0 aliphatic heterocycles. The Balaban J connectivity index is -0.00000000667. The van der Waals surface area contributed by atoms with Crippen molar-refractivity contribution in [2.45, 2.75) is 0 Å². The van der Waals surface area contributed by atoms with Gasteiger partial charge in [0.1, 0.15) is 46.0 Å². The molecule has 40 valence electrons. The third kappa shape index (κ3) is 25.7. The van der Waals surface area contributed by atoms with Crippen LogP contribution in [0.3, 0.4) is 0 Å². The fourth-order valence-electron chi connectivity index (χ4n) is 0. The van der Waals surface area contributed by atoms with Crippen molar-refractivity contribution in [2.75, 3.05) is 0 Å². The molecule has 0 saturated heterocycles. The summed E-state index contributed by atoms with van der Waals surface area (Å²) in [6.45, 7) is 0. The zero-order valence-corrected chi connectivity index (χ0v) is 15.2. The van der Waals surface area contributed by atoms with E-state index in [9.17, 15) is 0 Å². The summed E-state index contributed by atoms with van der Waals surface area (Å²) in [5, 5.41) is 0. The van der Waals surface area contributed by atoms with Crippen molar-refractivity contribution < 1.29 is 40.2 Å². The van der Waals surface area contributed by atoms with Crippen LogP contribution in [-0.4, -0.2) is 26.2 Å². The molecule has 0 amide bonds. The van der Waals surface area contributed by atoms with Crippen LogP contribution >= 0.6 is 46.0 Å². The molecule has 0 aromatic heterocycles. The fourth-order valence-corrected chi connectivity index (χ4v) is 0. The van der Waals surface area contributed by atoms with E-state index in [1.165, 1.54) is 0 Å². The fraction of sp³-hybridized carbons (Fsp3) is 0. The minimum Gasteiger partial charge on any atom is 0 e. The van der Waals surface area contributed by atoms with Crippen molar-refractivity contribution in [2.24, 2.45) is 0 Å². The van der Waals surface area contributed by atoms with E-state index in [0.29, 0.717) is 0 Å². The van der Waals surface area contributed by atoms with Gasteiger partial charge in [0.15, 0.2) is 0 Å². The largest absolute Gasteiger partial charge is 0 e. The first-order chi connectivity index (χ1) is 1.41. The van der Waals surface area contributed by atoms with Crippen LogP contribution < -0.4 is 0 Å². The molecule has 0 atom stereocenters. The molecule has 0 rings (SSSR count). The minimum absolute atomic E-state index is 0. The molecule has 0 aromatic carbocycles. The minimum atomic E-state index is 0. The zero-order chi connectivity index (χ0) is 2.71. The molecule has 0 spiro atoms. The van der Waals surface area contributed by atoms with Crippen LogP contribution in [0, 0.1) is 0 Å². The normalized spacial score (nSPS) is 3.00. The van der Waals surface area contributed by atoms with Crippen LogP contribution in [0.2, 0.25) is 0 Å². The number of halogens is 2. The molecule has 6 heavy (non-hydrogen) atoms. The van der Waals surface area contributed by atoms with Gasteiger partial charge < -0.3 is 0 Å². The summed E-state index contributed by atoms with van der Waals surface area (Å²) < 4.78 is 4.19. The van der Waals surface area contributed by atoms with Gasteiger partial charge in [-0.05, 0) is 0 Å². The van der Waals surface area contributed by atoms with Crippen LogP contribution in [0.15, 0.2) is 0 Å². The van der Waals surface area contributed by atoms with Crippen LogP contribution in [0.1, 0.15) is 0 Å². The van der Waals surface area contributed by atoms with E-state index in [1.54, 1.807) is 46.0 Å². The maximum absolute atomic E-state index is 4.19. The Morgan fingerprint density at radius 3 is 1.17 bits per heavy atom. The number of rotatable bonds is 0. The average Bonchev–Trinajstić information content (AvgIpc) is 0.918. The molecule has 0 aliphatic rings. The van der Waals surface area contributed by atoms with Gasteiger partial charge in [-0.2, -0.15) is 0 Å². The third-order valence-corrected chi connectivity index (χ3v) is 0. The van der Waals surface area contributed by atoms with Gasteiger partial charge >= 0.3 is 26.2 Å². The molecule has 0 saturated carbocycles. The topological polar surface area (TPSA) is 9.23 Å². The molecule has 0 aromatic rings. The van der Waals surface area contributed by atoms with Gasteiger partial charge in [-0.1, -0.05) is 0 Å². The van der Waals surface area contributed by atoms with Gasteiger partial charge in [0.2, 0.25) is 0 Å². The van der Waals surface area contributed by atoms with E-state index in [1.807, 2.05) is 0 Å². The van der Waals surface area contributed by atoms with Gasteiger partial charge in [0, 0.05) is 38.8 Å². The van der Waals surface area contributed by atoms with Crippen LogP contribution in [0.4, 0.5) is 0 Å². The van der Waals surface area contributed by atoms with Gasteiger partial charge in [0.05, 0.1) is 0 Å². The van der Waals surface area contributed by atoms with Crippen molar-refractivity contribution >= 4 is 72.2 Å². The van der Waals surface area contributed by atoms with E-state index in [2.05, 4.69) is 1.40 Å². The molecule has 0 fully saturated rings. The predicted octanol–water partition coefficient (Wildman–Crippen LogP) is 0.514. The Morgan fingerprint density at radius 1 is 1.17 bits per heavy atom. The van der Waals surface area contributed by atoms with Crippen molar-refractivity contribution in [3.8, 4) is 0 Å². The molecule has 0 bridgehead atoms. The second-order valence-corrected chi connectivity index (χ2v) is 2.62. The Kier molecular flexibility index (Phi) is 89.0. The maximum Gasteiger partial charge on any atom is 0 e. The summed E-state index contributed by atoms with van der Waals surface area (Å²) in [6, 6.07) is 0. The molecule has 6 heteroatoms. The van der Waals surface area contributed by atoms with Crippen molar-refractivity contribution in [1.82, 2.24) is 0 Å². The van der Waals surface area contributed by atoms with Gasteiger partial charge in [-0.25, -0.2) is 1.40 Å². The first-order valence-electron chi connectivity index (χ1n) is 0.309. The van der Waals surface area contributed by atoms with Gasteiger partial charge in [-0.3, -0.25) is 0 Å². The van der Waals surface area contributed by atoms with Crippen LogP contribution in [-0.2, 0) is 40.2 Å². The van der Waals surface area contributed by atoms with Crippen molar-refractivity contribution in [3.05, 3.63) is 0 Å². The van der Waals surface area contributed by atoms with E-state index < -0.39 is 0 Å². The van der Waals surface area contributed by atoms with E-state index in [4.69, 9.17) is 0 Å².